The highest BCUT2D eigenvalue weighted by atomic mass is 35.5. The predicted molar refractivity (Wildman–Crippen MR) is 100 cm³/mol. The Morgan fingerprint density at radius 3 is 2.70 bits per heavy atom. The molecule has 0 radical (unpaired) electrons. The van der Waals surface area contributed by atoms with E-state index in [4.69, 9.17) is 36.8 Å². The second kappa shape index (κ2) is 7.50. The zero-order chi connectivity index (χ0) is 18.8. The molecule has 1 amide bonds. The van der Waals surface area contributed by atoms with Gasteiger partial charge < -0.3 is 13.6 Å². The van der Waals surface area contributed by atoms with E-state index < -0.39 is 0 Å². The standard InChI is InChI=1S/C19H14Cl2N2O4/c20-12-4-1-5-17(19(12)21)27-11-18(24)23-14(16-7-3-9-26-16)10-13(22-23)15-6-2-8-25-15/h1-9,14H,10-11H2. The van der Waals surface area contributed by atoms with Crippen molar-refractivity contribution in [3.63, 3.8) is 0 Å². The molecule has 0 spiro atoms. The highest BCUT2D eigenvalue weighted by Gasteiger charge is 2.35. The summed E-state index contributed by atoms with van der Waals surface area (Å²) in [6.07, 6.45) is 3.60. The maximum absolute atomic E-state index is 12.8. The van der Waals surface area contributed by atoms with Crippen molar-refractivity contribution in [2.45, 2.75) is 12.5 Å². The number of halogens is 2. The van der Waals surface area contributed by atoms with Crippen molar-refractivity contribution in [2.24, 2.45) is 5.10 Å². The Balaban J connectivity index is 1.54. The molecule has 0 bridgehead atoms. The van der Waals surface area contributed by atoms with Crippen molar-refractivity contribution in [1.82, 2.24) is 5.01 Å². The summed E-state index contributed by atoms with van der Waals surface area (Å²) in [4.78, 5) is 12.8. The molecule has 2 aromatic heterocycles. The number of benzene rings is 1. The molecule has 8 heteroatoms. The average molecular weight is 405 g/mol. The van der Waals surface area contributed by atoms with Gasteiger partial charge in [-0.05, 0) is 36.4 Å². The molecule has 0 fully saturated rings. The summed E-state index contributed by atoms with van der Waals surface area (Å²) in [5.74, 6) is 1.24. The summed E-state index contributed by atoms with van der Waals surface area (Å²) >= 11 is 12.1. The Hall–Kier alpha value is -2.70. The Morgan fingerprint density at radius 2 is 1.96 bits per heavy atom. The van der Waals surface area contributed by atoms with E-state index in [0.717, 1.165) is 0 Å². The number of hydrogen-bond donors (Lipinski definition) is 0. The third-order valence-electron chi connectivity index (χ3n) is 4.11. The van der Waals surface area contributed by atoms with Crippen molar-refractivity contribution < 1.29 is 18.4 Å². The van der Waals surface area contributed by atoms with E-state index >= 15 is 0 Å². The third-order valence-corrected chi connectivity index (χ3v) is 4.91. The van der Waals surface area contributed by atoms with E-state index in [2.05, 4.69) is 5.10 Å². The number of hydrazone groups is 1. The quantitative estimate of drug-likeness (QED) is 0.603. The average Bonchev–Trinajstić information content (AvgIpc) is 3.41. The Kier molecular flexibility index (Phi) is 4.92. The first kappa shape index (κ1) is 17.7. The third kappa shape index (κ3) is 3.59. The number of nitrogens with zero attached hydrogens (tertiary/aromatic N) is 2. The van der Waals surface area contributed by atoms with Crippen LogP contribution in [-0.2, 0) is 4.79 Å². The Morgan fingerprint density at radius 1 is 1.15 bits per heavy atom. The van der Waals surface area contributed by atoms with Crippen LogP contribution < -0.4 is 4.74 Å². The molecule has 0 saturated heterocycles. The van der Waals surface area contributed by atoms with Gasteiger partial charge in [-0.1, -0.05) is 29.3 Å². The number of ether oxygens (including phenoxy) is 1. The second-order valence-corrected chi connectivity index (χ2v) is 6.62. The zero-order valence-electron chi connectivity index (χ0n) is 14.0. The van der Waals surface area contributed by atoms with Crippen LogP contribution in [0.4, 0.5) is 0 Å². The molecule has 3 heterocycles. The molecule has 138 valence electrons. The lowest BCUT2D eigenvalue weighted by Gasteiger charge is -2.20. The first-order chi connectivity index (χ1) is 13.1. The number of hydrogen-bond acceptors (Lipinski definition) is 5. The molecule has 1 unspecified atom stereocenters. The first-order valence-corrected chi connectivity index (χ1v) is 8.92. The number of furan rings is 2. The molecule has 6 nitrogen and oxygen atoms in total. The van der Waals surface area contributed by atoms with Gasteiger partial charge in [0.15, 0.2) is 6.61 Å². The lowest BCUT2D eigenvalue weighted by Crippen LogP contribution is -2.31. The fraction of sp³-hybridized carbons (Fsp3) is 0.158. The molecule has 1 aliphatic rings. The van der Waals surface area contributed by atoms with Crippen molar-refractivity contribution in [3.05, 3.63) is 76.6 Å². The van der Waals surface area contributed by atoms with Gasteiger partial charge in [0.05, 0.1) is 17.5 Å². The van der Waals surface area contributed by atoms with Crippen LogP contribution in [0.2, 0.25) is 10.0 Å². The topological polar surface area (TPSA) is 68.2 Å². The van der Waals surface area contributed by atoms with Crippen LogP contribution in [0.1, 0.15) is 24.0 Å². The van der Waals surface area contributed by atoms with Crippen LogP contribution in [0, 0.1) is 0 Å². The SMILES string of the molecule is O=C(COc1cccc(Cl)c1Cl)N1N=C(c2ccco2)CC1c1ccco1. The van der Waals surface area contributed by atoms with Gasteiger partial charge in [-0.15, -0.1) is 0 Å². The van der Waals surface area contributed by atoms with Gasteiger partial charge in [0.1, 0.15) is 34.0 Å². The van der Waals surface area contributed by atoms with E-state index in [1.54, 1.807) is 55.0 Å². The molecule has 27 heavy (non-hydrogen) atoms. The summed E-state index contributed by atoms with van der Waals surface area (Å²) in [7, 11) is 0. The molecular formula is C19H14Cl2N2O4. The highest BCUT2D eigenvalue weighted by molar-refractivity contribution is 6.42. The fourth-order valence-electron chi connectivity index (χ4n) is 2.84. The largest absolute Gasteiger partial charge is 0.482 e. The molecule has 3 aromatic rings. The van der Waals surface area contributed by atoms with Crippen molar-refractivity contribution in [2.75, 3.05) is 6.61 Å². The number of carbonyl (C=O) groups is 1. The maximum atomic E-state index is 12.8. The molecular weight excluding hydrogens is 391 g/mol. The Bertz CT molecular complexity index is 968. The molecule has 0 N–H and O–H groups in total. The van der Waals surface area contributed by atoms with Gasteiger partial charge in [0.2, 0.25) is 0 Å². The number of rotatable bonds is 5. The molecule has 1 atom stereocenters. The summed E-state index contributed by atoms with van der Waals surface area (Å²) in [5, 5.41) is 6.40. The van der Waals surface area contributed by atoms with E-state index in [9.17, 15) is 4.79 Å². The van der Waals surface area contributed by atoms with Crippen LogP contribution in [0.15, 0.2) is 68.9 Å². The van der Waals surface area contributed by atoms with Crippen LogP contribution in [0.25, 0.3) is 0 Å². The highest BCUT2D eigenvalue weighted by Crippen LogP contribution is 2.34. The Labute approximate surface area is 164 Å². The van der Waals surface area contributed by atoms with E-state index in [-0.39, 0.29) is 23.6 Å². The van der Waals surface area contributed by atoms with Crippen LogP contribution in [0.5, 0.6) is 5.75 Å². The van der Waals surface area contributed by atoms with Crippen LogP contribution >= 0.6 is 23.2 Å². The smallest absolute Gasteiger partial charge is 0.281 e. The van der Waals surface area contributed by atoms with Gasteiger partial charge in [-0.25, -0.2) is 5.01 Å². The molecule has 0 saturated carbocycles. The van der Waals surface area contributed by atoms with Gasteiger partial charge in [0.25, 0.3) is 5.91 Å². The lowest BCUT2D eigenvalue weighted by molar-refractivity contribution is -0.135. The normalized spacial score (nSPS) is 16.4. The zero-order valence-corrected chi connectivity index (χ0v) is 15.5. The first-order valence-electron chi connectivity index (χ1n) is 8.17. The van der Waals surface area contributed by atoms with Crippen molar-refractivity contribution >= 4 is 34.8 Å². The molecule has 4 rings (SSSR count). The van der Waals surface area contributed by atoms with E-state index in [1.165, 1.54) is 5.01 Å². The summed E-state index contributed by atoms with van der Waals surface area (Å²) in [5.41, 5.74) is 0.663. The maximum Gasteiger partial charge on any atom is 0.281 e. The van der Waals surface area contributed by atoms with Gasteiger partial charge >= 0.3 is 0 Å². The summed E-state index contributed by atoms with van der Waals surface area (Å²) < 4.78 is 16.4. The summed E-state index contributed by atoms with van der Waals surface area (Å²) in [6.45, 7) is -0.244. The number of amides is 1. The fourth-order valence-corrected chi connectivity index (χ4v) is 3.18. The molecule has 1 aliphatic heterocycles. The van der Waals surface area contributed by atoms with Crippen molar-refractivity contribution in [3.8, 4) is 5.75 Å². The molecule has 1 aromatic carbocycles. The molecule has 0 aliphatic carbocycles. The minimum Gasteiger partial charge on any atom is -0.482 e. The monoisotopic (exact) mass is 404 g/mol. The lowest BCUT2D eigenvalue weighted by atomic mass is 10.1. The van der Waals surface area contributed by atoms with Crippen LogP contribution in [0.3, 0.4) is 0 Å². The van der Waals surface area contributed by atoms with E-state index in [1.807, 2.05) is 0 Å². The van der Waals surface area contributed by atoms with Gasteiger partial charge in [-0.3, -0.25) is 4.79 Å². The predicted octanol–water partition coefficient (Wildman–Crippen LogP) is 4.94. The minimum absolute atomic E-state index is 0.244. The minimum atomic E-state index is -0.369. The second-order valence-electron chi connectivity index (χ2n) is 5.84. The summed E-state index contributed by atoms with van der Waals surface area (Å²) in [6, 6.07) is 11.8. The van der Waals surface area contributed by atoms with Gasteiger partial charge in [0, 0.05) is 6.42 Å². The number of carbonyl (C=O) groups excluding carboxylic acids is 1. The van der Waals surface area contributed by atoms with Crippen molar-refractivity contribution in [1.29, 1.82) is 0 Å². The van der Waals surface area contributed by atoms with Gasteiger partial charge in [-0.2, -0.15) is 5.10 Å². The van der Waals surface area contributed by atoms with Crippen LogP contribution in [-0.4, -0.2) is 23.2 Å². The van der Waals surface area contributed by atoms with E-state index in [0.29, 0.717) is 34.4 Å².